The van der Waals surface area contributed by atoms with Gasteiger partial charge in [-0.1, -0.05) is 6.07 Å². The summed E-state index contributed by atoms with van der Waals surface area (Å²) in [7, 11) is 1.42. The fourth-order valence-corrected chi connectivity index (χ4v) is 4.22. The Labute approximate surface area is 195 Å². The molecular weight excluding hydrogens is 452 g/mol. The van der Waals surface area contributed by atoms with Crippen molar-refractivity contribution in [3.05, 3.63) is 41.0 Å². The van der Waals surface area contributed by atoms with Crippen LogP contribution in [0.1, 0.15) is 22.8 Å². The summed E-state index contributed by atoms with van der Waals surface area (Å²) in [6.45, 7) is 0.926. The van der Waals surface area contributed by atoms with Gasteiger partial charge in [-0.05, 0) is 24.6 Å². The molecule has 2 aromatic rings. The first-order chi connectivity index (χ1) is 16.2. The summed E-state index contributed by atoms with van der Waals surface area (Å²) in [4.78, 5) is 0. The second kappa shape index (κ2) is 9.45. The molecule has 4 rings (SSSR count). The Morgan fingerprint density at radius 1 is 1.00 bits per heavy atom. The molecule has 2 heterocycles. The molecule has 34 heavy (non-hydrogen) atoms. The molecular formula is C23H28O11. The highest BCUT2D eigenvalue weighted by Crippen LogP contribution is 2.46. The molecule has 0 aliphatic carbocycles. The van der Waals surface area contributed by atoms with Crippen molar-refractivity contribution >= 4 is 0 Å². The van der Waals surface area contributed by atoms with Crippen LogP contribution in [0.2, 0.25) is 0 Å². The van der Waals surface area contributed by atoms with Gasteiger partial charge in [0.05, 0.1) is 19.8 Å². The monoisotopic (exact) mass is 480 g/mol. The Balaban J connectivity index is 1.66. The molecule has 7 N–H and O–H groups in total. The molecule has 11 heteroatoms. The lowest BCUT2D eigenvalue weighted by molar-refractivity contribution is -0.277. The van der Waals surface area contributed by atoms with Crippen molar-refractivity contribution in [1.29, 1.82) is 0 Å². The van der Waals surface area contributed by atoms with E-state index in [2.05, 4.69) is 0 Å². The number of hydrogen-bond acceptors (Lipinski definition) is 11. The average Bonchev–Trinajstić information content (AvgIpc) is 2.82. The molecule has 7 atom stereocenters. The van der Waals surface area contributed by atoms with E-state index in [1.807, 2.05) is 0 Å². The zero-order valence-corrected chi connectivity index (χ0v) is 18.5. The van der Waals surface area contributed by atoms with Crippen molar-refractivity contribution in [1.82, 2.24) is 0 Å². The lowest BCUT2D eigenvalue weighted by atomic mass is 9.92. The topological polar surface area (TPSA) is 179 Å². The van der Waals surface area contributed by atoms with Gasteiger partial charge in [0.2, 0.25) is 6.29 Å². The van der Waals surface area contributed by atoms with Crippen LogP contribution in [-0.2, 0) is 11.2 Å². The Morgan fingerprint density at radius 3 is 2.38 bits per heavy atom. The molecule has 11 nitrogen and oxygen atoms in total. The minimum Gasteiger partial charge on any atom is -0.507 e. The van der Waals surface area contributed by atoms with Crippen molar-refractivity contribution in [3.8, 4) is 28.7 Å². The molecule has 2 aliphatic heterocycles. The summed E-state index contributed by atoms with van der Waals surface area (Å²) < 4.78 is 22.2. The number of benzene rings is 2. The molecule has 2 aliphatic rings. The first-order valence-electron chi connectivity index (χ1n) is 10.7. The summed E-state index contributed by atoms with van der Waals surface area (Å²) in [5, 5.41) is 71.2. The Hall–Kier alpha value is -2.80. The summed E-state index contributed by atoms with van der Waals surface area (Å²) in [6.07, 6.45) is -9.41. The van der Waals surface area contributed by atoms with Crippen LogP contribution in [0.4, 0.5) is 0 Å². The molecule has 2 aromatic carbocycles. The number of aromatic hydroxyl groups is 2. The van der Waals surface area contributed by atoms with E-state index in [4.69, 9.17) is 18.9 Å². The SMILES string of the molecule is COc1ccc([C@H]2Oc3cc(O)c(C)c(O[C@@H]4O[C@H](CO)[C@@H](O)[C@H](O)[C@H]4O)c3C[C@H]2O)cc1O. The van der Waals surface area contributed by atoms with Crippen molar-refractivity contribution in [3.63, 3.8) is 0 Å². The number of methoxy groups -OCH3 is 1. The second-order valence-electron chi connectivity index (χ2n) is 8.38. The van der Waals surface area contributed by atoms with Crippen LogP contribution in [0.15, 0.2) is 24.3 Å². The van der Waals surface area contributed by atoms with E-state index in [1.165, 1.54) is 25.3 Å². The van der Waals surface area contributed by atoms with E-state index in [0.29, 0.717) is 11.1 Å². The molecule has 0 bridgehead atoms. The highest BCUT2D eigenvalue weighted by atomic mass is 16.7. The van der Waals surface area contributed by atoms with E-state index < -0.39 is 49.5 Å². The van der Waals surface area contributed by atoms with Crippen LogP contribution >= 0.6 is 0 Å². The van der Waals surface area contributed by atoms with E-state index in [-0.39, 0.29) is 40.7 Å². The van der Waals surface area contributed by atoms with E-state index in [1.54, 1.807) is 13.0 Å². The van der Waals surface area contributed by atoms with Gasteiger partial charge in [0.25, 0.3) is 0 Å². The Morgan fingerprint density at radius 2 is 1.74 bits per heavy atom. The average molecular weight is 480 g/mol. The molecule has 0 unspecified atom stereocenters. The Kier molecular flexibility index (Phi) is 6.76. The predicted molar refractivity (Wildman–Crippen MR) is 115 cm³/mol. The summed E-state index contributed by atoms with van der Waals surface area (Å²) in [5.74, 6) is 0.215. The van der Waals surface area contributed by atoms with E-state index in [0.717, 1.165) is 0 Å². The highest BCUT2D eigenvalue weighted by Gasteiger charge is 2.45. The van der Waals surface area contributed by atoms with E-state index in [9.17, 15) is 35.7 Å². The molecule has 0 aromatic heterocycles. The lowest BCUT2D eigenvalue weighted by Gasteiger charge is -2.40. The summed E-state index contributed by atoms with van der Waals surface area (Å²) in [5.41, 5.74) is 1.13. The maximum Gasteiger partial charge on any atom is 0.229 e. The van der Waals surface area contributed by atoms with Gasteiger partial charge < -0.3 is 54.7 Å². The van der Waals surface area contributed by atoms with Gasteiger partial charge in [-0.3, -0.25) is 0 Å². The number of hydrogen-bond donors (Lipinski definition) is 7. The molecule has 186 valence electrons. The minimum absolute atomic E-state index is 0.0284. The molecule has 0 amide bonds. The van der Waals surface area contributed by atoms with Crippen molar-refractivity contribution in [2.75, 3.05) is 13.7 Å². The maximum atomic E-state index is 10.8. The van der Waals surface area contributed by atoms with Crippen LogP contribution in [0.25, 0.3) is 0 Å². The standard InChI is InChI=1S/C23H28O11/c1-9-12(25)7-16-11(21(9)34-23-20(30)19(29)18(28)17(8-24)33-23)6-14(27)22(32-16)10-3-4-15(31-2)13(26)5-10/h3-5,7,14,17-20,22-30H,6,8H2,1-2H3/t14-,17-,18-,19+,20-,22-,23+/m1/s1. The number of ether oxygens (including phenoxy) is 4. The quantitative estimate of drug-likeness (QED) is 0.297. The molecule has 0 saturated carbocycles. The van der Waals surface area contributed by atoms with Gasteiger partial charge in [0, 0.05) is 23.6 Å². The smallest absolute Gasteiger partial charge is 0.229 e. The van der Waals surface area contributed by atoms with E-state index >= 15 is 0 Å². The Bertz CT molecular complexity index is 1040. The fourth-order valence-electron chi connectivity index (χ4n) is 4.22. The number of aliphatic hydroxyl groups is 5. The molecule has 1 saturated heterocycles. The van der Waals surface area contributed by atoms with Crippen LogP contribution in [0.5, 0.6) is 28.7 Å². The van der Waals surface area contributed by atoms with Crippen molar-refractivity contribution in [2.24, 2.45) is 0 Å². The fraction of sp³-hybridized carbons (Fsp3) is 0.478. The predicted octanol–water partition coefficient (Wildman–Crippen LogP) is -0.369. The molecule has 0 spiro atoms. The summed E-state index contributed by atoms with van der Waals surface area (Å²) in [6, 6.07) is 5.96. The largest absolute Gasteiger partial charge is 0.507 e. The van der Waals surface area contributed by atoms with Crippen LogP contribution in [-0.4, -0.2) is 86.3 Å². The first kappa shape index (κ1) is 24.3. The van der Waals surface area contributed by atoms with Crippen LogP contribution in [0.3, 0.4) is 0 Å². The zero-order chi connectivity index (χ0) is 24.7. The van der Waals surface area contributed by atoms with Gasteiger partial charge in [0.15, 0.2) is 11.5 Å². The molecule has 0 radical (unpaired) electrons. The van der Waals surface area contributed by atoms with Crippen LogP contribution < -0.4 is 14.2 Å². The van der Waals surface area contributed by atoms with Gasteiger partial charge >= 0.3 is 0 Å². The van der Waals surface area contributed by atoms with Gasteiger partial charge in [-0.15, -0.1) is 0 Å². The van der Waals surface area contributed by atoms with Crippen LogP contribution in [0, 0.1) is 6.92 Å². The number of phenolic OH excluding ortho intramolecular Hbond substituents is 2. The third-order valence-electron chi connectivity index (χ3n) is 6.19. The third kappa shape index (κ3) is 4.22. The zero-order valence-electron chi connectivity index (χ0n) is 18.5. The lowest BCUT2D eigenvalue weighted by Crippen LogP contribution is -2.60. The number of rotatable bonds is 5. The van der Waals surface area contributed by atoms with Gasteiger partial charge in [0.1, 0.15) is 47.8 Å². The number of aliphatic hydroxyl groups excluding tert-OH is 5. The highest BCUT2D eigenvalue weighted by molar-refractivity contribution is 5.58. The third-order valence-corrected chi connectivity index (χ3v) is 6.19. The van der Waals surface area contributed by atoms with Crippen molar-refractivity contribution in [2.45, 2.75) is 56.3 Å². The second-order valence-corrected chi connectivity index (χ2v) is 8.38. The number of fused-ring (bicyclic) bond motifs is 1. The summed E-state index contributed by atoms with van der Waals surface area (Å²) >= 11 is 0. The first-order valence-corrected chi connectivity index (χ1v) is 10.7. The normalized spacial score (nSPS) is 30.9. The van der Waals surface area contributed by atoms with Gasteiger partial charge in [-0.2, -0.15) is 0 Å². The minimum atomic E-state index is -1.65. The van der Waals surface area contributed by atoms with Gasteiger partial charge in [-0.25, -0.2) is 0 Å². The van der Waals surface area contributed by atoms with Crippen molar-refractivity contribution < 1.29 is 54.7 Å². The maximum absolute atomic E-state index is 10.8. The number of phenols is 2. The molecule has 1 fully saturated rings.